The zero-order valence-electron chi connectivity index (χ0n) is 11.0. The molecule has 1 aromatic carbocycles. The molecule has 1 N–H and O–H groups in total. The Kier molecular flexibility index (Phi) is 5.00. The van der Waals surface area contributed by atoms with Crippen molar-refractivity contribution in [2.75, 3.05) is 11.9 Å². The van der Waals surface area contributed by atoms with Crippen LogP contribution in [0.2, 0.25) is 0 Å². The molecule has 104 valence electrons. The number of carboxylic acids is 1. The summed E-state index contributed by atoms with van der Waals surface area (Å²) in [6.07, 6.45) is -1.97. The molecule has 6 heteroatoms. The Morgan fingerprint density at radius 3 is 2.21 bits per heavy atom. The third-order valence-electron chi connectivity index (χ3n) is 2.65. The number of ether oxygens (including phenoxy) is 1. The Labute approximate surface area is 110 Å². The molecule has 0 heterocycles. The quantitative estimate of drug-likeness (QED) is 0.883. The van der Waals surface area contributed by atoms with Gasteiger partial charge in [-0.1, -0.05) is 0 Å². The first-order valence-electron chi connectivity index (χ1n) is 5.74. The molecule has 2 atom stereocenters. The van der Waals surface area contributed by atoms with Crippen molar-refractivity contribution in [3.8, 4) is 0 Å². The molecule has 0 aliphatic heterocycles. The van der Waals surface area contributed by atoms with Crippen LogP contribution in [0.1, 0.15) is 13.8 Å². The zero-order valence-corrected chi connectivity index (χ0v) is 11.0. The summed E-state index contributed by atoms with van der Waals surface area (Å²) >= 11 is 0. The van der Waals surface area contributed by atoms with E-state index in [0.29, 0.717) is 5.69 Å². The van der Waals surface area contributed by atoms with Gasteiger partial charge in [0.2, 0.25) is 0 Å². The lowest BCUT2D eigenvalue weighted by atomic mass is 10.2. The summed E-state index contributed by atoms with van der Waals surface area (Å²) in [5.41, 5.74) is 0.504. The van der Waals surface area contributed by atoms with Crippen LogP contribution in [-0.2, 0) is 14.3 Å². The van der Waals surface area contributed by atoms with E-state index in [2.05, 4.69) is 0 Å². The van der Waals surface area contributed by atoms with E-state index in [1.165, 1.54) is 50.1 Å². The van der Waals surface area contributed by atoms with E-state index in [0.717, 1.165) is 0 Å². The molecular formula is C13H16FNO4. The van der Waals surface area contributed by atoms with Crippen LogP contribution in [0.15, 0.2) is 24.3 Å². The average molecular weight is 269 g/mol. The van der Waals surface area contributed by atoms with Gasteiger partial charge in [-0.15, -0.1) is 0 Å². The standard InChI is InChI=1S/C13H16FNO4/c1-8(19-9(2)13(17)18)12(16)15(3)11-6-4-10(14)5-7-11/h4-9H,1-3H3,(H,17,18). The van der Waals surface area contributed by atoms with Crippen molar-refractivity contribution < 1.29 is 23.8 Å². The van der Waals surface area contributed by atoms with Gasteiger partial charge in [-0.3, -0.25) is 4.79 Å². The minimum Gasteiger partial charge on any atom is -0.479 e. The normalized spacial score (nSPS) is 13.7. The Balaban J connectivity index is 2.71. The topological polar surface area (TPSA) is 66.8 Å². The molecule has 1 rings (SSSR count). The van der Waals surface area contributed by atoms with Crippen molar-refractivity contribution in [1.82, 2.24) is 0 Å². The number of aliphatic carboxylic acids is 1. The Bertz CT molecular complexity index is 460. The lowest BCUT2D eigenvalue weighted by Gasteiger charge is -2.23. The summed E-state index contributed by atoms with van der Waals surface area (Å²) in [5.74, 6) is -1.93. The molecular weight excluding hydrogens is 253 g/mol. The smallest absolute Gasteiger partial charge is 0.332 e. The predicted molar refractivity (Wildman–Crippen MR) is 67.5 cm³/mol. The van der Waals surface area contributed by atoms with Gasteiger partial charge in [0.15, 0.2) is 6.10 Å². The van der Waals surface area contributed by atoms with E-state index in [4.69, 9.17) is 9.84 Å². The third kappa shape index (κ3) is 4.03. The summed E-state index contributed by atoms with van der Waals surface area (Å²) in [4.78, 5) is 23.9. The first-order valence-corrected chi connectivity index (χ1v) is 5.74. The maximum absolute atomic E-state index is 12.8. The van der Waals surface area contributed by atoms with Crippen molar-refractivity contribution in [3.05, 3.63) is 30.1 Å². The first kappa shape index (κ1) is 15.1. The summed E-state index contributed by atoms with van der Waals surface area (Å²) < 4.78 is 17.9. The molecule has 0 saturated heterocycles. The largest absolute Gasteiger partial charge is 0.479 e. The number of hydrogen-bond donors (Lipinski definition) is 1. The number of rotatable bonds is 5. The van der Waals surface area contributed by atoms with E-state index in [1.807, 2.05) is 0 Å². The van der Waals surface area contributed by atoms with E-state index in [-0.39, 0.29) is 0 Å². The highest BCUT2D eigenvalue weighted by molar-refractivity contribution is 5.95. The van der Waals surface area contributed by atoms with Crippen LogP contribution in [0.4, 0.5) is 10.1 Å². The number of amides is 1. The summed E-state index contributed by atoms with van der Waals surface area (Å²) in [6.45, 7) is 2.83. The number of nitrogens with zero attached hydrogens (tertiary/aromatic N) is 1. The van der Waals surface area contributed by atoms with Crippen molar-refractivity contribution >= 4 is 17.6 Å². The number of halogens is 1. The number of anilines is 1. The molecule has 0 radical (unpaired) electrons. The van der Waals surface area contributed by atoms with Crippen LogP contribution in [0.3, 0.4) is 0 Å². The minimum absolute atomic E-state index is 0.395. The molecule has 0 fully saturated rings. The van der Waals surface area contributed by atoms with Gasteiger partial charge in [0.1, 0.15) is 11.9 Å². The fourth-order valence-corrected chi connectivity index (χ4v) is 1.49. The van der Waals surface area contributed by atoms with Crippen molar-refractivity contribution in [1.29, 1.82) is 0 Å². The fraction of sp³-hybridized carbons (Fsp3) is 0.385. The number of carboxylic acid groups (broad SMARTS) is 1. The van der Waals surface area contributed by atoms with Gasteiger partial charge in [-0.05, 0) is 38.1 Å². The molecule has 0 aliphatic carbocycles. The van der Waals surface area contributed by atoms with Gasteiger partial charge in [-0.25, -0.2) is 9.18 Å². The number of benzene rings is 1. The minimum atomic E-state index is -1.14. The molecule has 1 aromatic rings. The number of carbonyl (C=O) groups excluding carboxylic acids is 1. The molecule has 0 aromatic heterocycles. The second-order valence-electron chi connectivity index (χ2n) is 4.13. The maximum Gasteiger partial charge on any atom is 0.332 e. The van der Waals surface area contributed by atoms with Crippen LogP contribution < -0.4 is 4.90 Å². The van der Waals surface area contributed by atoms with E-state index < -0.39 is 29.9 Å². The van der Waals surface area contributed by atoms with Crippen LogP contribution >= 0.6 is 0 Å². The molecule has 0 aliphatic rings. The van der Waals surface area contributed by atoms with Crippen LogP contribution in [0, 0.1) is 5.82 Å². The van der Waals surface area contributed by atoms with E-state index in [9.17, 15) is 14.0 Å². The van der Waals surface area contributed by atoms with Gasteiger partial charge >= 0.3 is 5.97 Å². The molecule has 0 bridgehead atoms. The van der Waals surface area contributed by atoms with E-state index >= 15 is 0 Å². The van der Waals surface area contributed by atoms with Crippen LogP contribution in [0.25, 0.3) is 0 Å². The van der Waals surface area contributed by atoms with Crippen LogP contribution in [0.5, 0.6) is 0 Å². The van der Waals surface area contributed by atoms with Crippen molar-refractivity contribution in [3.63, 3.8) is 0 Å². The molecule has 1 amide bonds. The molecule has 5 nitrogen and oxygen atoms in total. The summed E-state index contributed by atoms with van der Waals surface area (Å²) in [6, 6.07) is 5.40. The Hall–Kier alpha value is -1.95. The Morgan fingerprint density at radius 2 is 1.74 bits per heavy atom. The fourth-order valence-electron chi connectivity index (χ4n) is 1.49. The zero-order chi connectivity index (χ0) is 14.6. The first-order chi connectivity index (χ1) is 8.82. The summed E-state index contributed by atoms with van der Waals surface area (Å²) in [5, 5.41) is 8.71. The Morgan fingerprint density at radius 1 is 1.21 bits per heavy atom. The SMILES string of the molecule is CC(OC(C)C(=O)N(C)c1ccc(F)cc1)C(=O)O. The van der Waals surface area contributed by atoms with Crippen LogP contribution in [-0.4, -0.2) is 36.2 Å². The highest BCUT2D eigenvalue weighted by atomic mass is 19.1. The van der Waals surface area contributed by atoms with Gasteiger partial charge in [-0.2, -0.15) is 0 Å². The highest BCUT2D eigenvalue weighted by Gasteiger charge is 2.24. The number of likely N-dealkylation sites (N-methyl/N-ethyl adjacent to an activating group) is 1. The second kappa shape index (κ2) is 6.29. The molecule has 0 saturated carbocycles. The highest BCUT2D eigenvalue weighted by Crippen LogP contribution is 2.15. The summed E-state index contributed by atoms with van der Waals surface area (Å²) in [7, 11) is 1.51. The monoisotopic (exact) mass is 269 g/mol. The number of hydrogen-bond acceptors (Lipinski definition) is 3. The van der Waals surface area contributed by atoms with E-state index in [1.54, 1.807) is 0 Å². The maximum atomic E-state index is 12.8. The molecule has 19 heavy (non-hydrogen) atoms. The molecule has 0 spiro atoms. The average Bonchev–Trinajstić information content (AvgIpc) is 2.37. The second-order valence-corrected chi connectivity index (χ2v) is 4.13. The predicted octanol–water partition coefficient (Wildman–Crippen LogP) is 1.67. The van der Waals surface area contributed by atoms with Gasteiger partial charge in [0.05, 0.1) is 0 Å². The lowest BCUT2D eigenvalue weighted by molar-refractivity contribution is -0.155. The number of carbonyl (C=O) groups is 2. The molecule has 2 unspecified atom stereocenters. The van der Waals surface area contributed by atoms with Gasteiger partial charge in [0, 0.05) is 12.7 Å². The van der Waals surface area contributed by atoms with Gasteiger partial charge < -0.3 is 14.7 Å². The third-order valence-corrected chi connectivity index (χ3v) is 2.65. The van der Waals surface area contributed by atoms with Crippen molar-refractivity contribution in [2.45, 2.75) is 26.1 Å². The van der Waals surface area contributed by atoms with Gasteiger partial charge in [0.25, 0.3) is 5.91 Å². The van der Waals surface area contributed by atoms with Crippen molar-refractivity contribution in [2.24, 2.45) is 0 Å². The lowest BCUT2D eigenvalue weighted by Crippen LogP contribution is -2.39.